The number of nitrogens with zero attached hydrogens (tertiary/aromatic N) is 2. The van der Waals surface area contributed by atoms with Gasteiger partial charge in [0.25, 0.3) is 10.0 Å². The Morgan fingerprint density at radius 1 is 0.975 bits per heavy atom. The molecule has 2 amide bonds. The number of nitrogens with one attached hydrogen (secondary N) is 1. The van der Waals surface area contributed by atoms with Gasteiger partial charge in [-0.2, -0.15) is 13.2 Å². The summed E-state index contributed by atoms with van der Waals surface area (Å²) in [5.74, 6) is -1.24. The van der Waals surface area contributed by atoms with Gasteiger partial charge in [0.2, 0.25) is 11.8 Å². The highest BCUT2D eigenvalue weighted by Crippen LogP contribution is 2.33. The summed E-state index contributed by atoms with van der Waals surface area (Å²) < 4.78 is 68.5. The fourth-order valence-electron chi connectivity index (χ4n) is 3.85. The van der Waals surface area contributed by atoms with E-state index in [2.05, 4.69) is 5.32 Å². The molecule has 0 saturated heterocycles. The molecule has 3 rings (SSSR count). The maximum Gasteiger partial charge on any atom is 0.416 e. The number of benzene rings is 3. The SMILES string of the molecule is CCCNC(=O)C(C)N(Cc1ccc(Cl)cc1)C(=O)CN(c1cccc(C(F)(F)F)c1)S(=O)(=O)c1ccccc1. The van der Waals surface area contributed by atoms with Gasteiger partial charge >= 0.3 is 6.18 Å². The molecule has 7 nitrogen and oxygen atoms in total. The van der Waals surface area contributed by atoms with Crippen LogP contribution in [0.3, 0.4) is 0 Å². The molecule has 0 saturated carbocycles. The molecule has 214 valence electrons. The van der Waals surface area contributed by atoms with Crippen LogP contribution in [0.5, 0.6) is 0 Å². The van der Waals surface area contributed by atoms with Crippen LogP contribution >= 0.6 is 11.6 Å². The Hall–Kier alpha value is -3.57. The number of amides is 2. The van der Waals surface area contributed by atoms with Crippen molar-refractivity contribution in [3.8, 4) is 0 Å². The van der Waals surface area contributed by atoms with Crippen molar-refractivity contribution in [2.24, 2.45) is 0 Å². The lowest BCUT2D eigenvalue weighted by Gasteiger charge is -2.32. The summed E-state index contributed by atoms with van der Waals surface area (Å²) in [4.78, 5) is 27.6. The molecule has 0 spiro atoms. The van der Waals surface area contributed by atoms with Crippen molar-refractivity contribution in [3.05, 3.63) is 95.0 Å². The zero-order chi connectivity index (χ0) is 29.5. The van der Waals surface area contributed by atoms with E-state index in [-0.39, 0.29) is 17.1 Å². The number of anilines is 1. The highest BCUT2D eigenvalue weighted by Gasteiger charge is 2.35. The Morgan fingerprint density at radius 3 is 2.23 bits per heavy atom. The molecule has 0 aliphatic carbocycles. The quantitative estimate of drug-likeness (QED) is 0.317. The second-order valence-corrected chi connectivity index (χ2v) is 11.3. The van der Waals surface area contributed by atoms with E-state index in [1.807, 2.05) is 6.92 Å². The van der Waals surface area contributed by atoms with E-state index in [0.717, 1.165) is 12.1 Å². The summed E-state index contributed by atoms with van der Waals surface area (Å²) in [7, 11) is -4.48. The summed E-state index contributed by atoms with van der Waals surface area (Å²) in [5, 5.41) is 3.18. The van der Waals surface area contributed by atoms with Crippen LogP contribution in [0.4, 0.5) is 18.9 Å². The lowest BCUT2D eigenvalue weighted by molar-refractivity contribution is -0.139. The predicted molar refractivity (Wildman–Crippen MR) is 147 cm³/mol. The largest absolute Gasteiger partial charge is 0.416 e. The number of hydrogen-bond acceptors (Lipinski definition) is 4. The van der Waals surface area contributed by atoms with Gasteiger partial charge in [-0.15, -0.1) is 0 Å². The molecule has 0 aromatic heterocycles. The fourth-order valence-corrected chi connectivity index (χ4v) is 5.40. The number of sulfonamides is 1. The van der Waals surface area contributed by atoms with Crippen LogP contribution in [0, 0.1) is 0 Å². The number of halogens is 4. The van der Waals surface area contributed by atoms with Crippen LogP contribution < -0.4 is 9.62 Å². The van der Waals surface area contributed by atoms with Gasteiger partial charge in [0.05, 0.1) is 16.1 Å². The summed E-state index contributed by atoms with van der Waals surface area (Å²) in [6.07, 6.45) is -4.09. The molecule has 0 aliphatic heterocycles. The normalized spacial score (nSPS) is 12.4. The van der Waals surface area contributed by atoms with Gasteiger partial charge in [-0.3, -0.25) is 13.9 Å². The van der Waals surface area contributed by atoms with Crippen LogP contribution in [0.1, 0.15) is 31.4 Å². The Balaban J connectivity index is 2.06. The first-order valence-corrected chi connectivity index (χ1v) is 14.2. The molecular weight excluding hydrogens is 567 g/mol. The molecule has 12 heteroatoms. The first-order valence-electron chi connectivity index (χ1n) is 12.4. The smallest absolute Gasteiger partial charge is 0.354 e. The maximum absolute atomic E-state index is 13.8. The van der Waals surface area contributed by atoms with Gasteiger partial charge in [-0.1, -0.05) is 54.9 Å². The van der Waals surface area contributed by atoms with Crippen LogP contribution in [0.2, 0.25) is 5.02 Å². The highest BCUT2D eigenvalue weighted by molar-refractivity contribution is 7.92. The molecule has 1 unspecified atom stereocenters. The second-order valence-electron chi connectivity index (χ2n) is 8.99. The van der Waals surface area contributed by atoms with Crippen molar-refractivity contribution in [1.82, 2.24) is 10.2 Å². The summed E-state index contributed by atoms with van der Waals surface area (Å²) >= 11 is 5.97. The molecule has 1 N–H and O–H groups in total. The third-order valence-electron chi connectivity index (χ3n) is 6.05. The van der Waals surface area contributed by atoms with E-state index in [4.69, 9.17) is 11.6 Å². The van der Waals surface area contributed by atoms with Crippen molar-refractivity contribution in [2.45, 2.75) is 43.9 Å². The molecule has 1 atom stereocenters. The van der Waals surface area contributed by atoms with E-state index in [1.165, 1.54) is 42.2 Å². The molecule has 3 aromatic carbocycles. The Bertz CT molecular complexity index is 1420. The van der Waals surface area contributed by atoms with Gasteiger partial charge in [0.1, 0.15) is 12.6 Å². The van der Waals surface area contributed by atoms with Crippen LogP contribution in [0.15, 0.2) is 83.8 Å². The van der Waals surface area contributed by atoms with Crippen LogP contribution in [-0.2, 0) is 32.3 Å². The van der Waals surface area contributed by atoms with E-state index < -0.39 is 46.2 Å². The molecule has 0 fully saturated rings. The average molecular weight is 596 g/mol. The highest BCUT2D eigenvalue weighted by atomic mass is 35.5. The van der Waals surface area contributed by atoms with Crippen molar-refractivity contribution >= 4 is 39.1 Å². The first kappa shape index (κ1) is 31.0. The third kappa shape index (κ3) is 7.76. The second kappa shape index (κ2) is 13.2. The minimum atomic E-state index is -4.74. The maximum atomic E-state index is 13.8. The summed E-state index contributed by atoms with van der Waals surface area (Å²) in [6.45, 7) is 2.81. The molecule has 0 radical (unpaired) electrons. The van der Waals surface area contributed by atoms with Gasteiger partial charge in [0, 0.05) is 18.1 Å². The van der Waals surface area contributed by atoms with E-state index in [9.17, 15) is 31.2 Å². The van der Waals surface area contributed by atoms with Crippen molar-refractivity contribution < 1.29 is 31.2 Å². The van der Waals surface area contributed by atoms with Crippen molar-refractivity contribution in [2.75, 3.05) is 17.4 Å². The van der Waals surface area contributed by atoms with Gasteiger partial charge in [-0.05, 0) is 61.4 Å². The van der Waals surface area contributed by atoms with Crippen LogP contribution in [0.25, 0.3) is 0 Å². The predicted octanol–water partition coefficient (Wildman–Crippen LogP) is 5.50. The molecule has 40 heavy (non-hydrogen) atoms. The third-order valence-corrected chi connectivity index (χ3v) is 8.09. The Labute approximate surface area is 236 Å². The molecule has 0 bridgehead atoms. The Kier molecular flexibility index (Phi) is 10.2. The number of carbonyl (C=O) groups excluding carboxylic acids is 2. The Morgan fingerprint density at radius 2 is 1.62 bits per heavy atom. The zero-order valence-electron chi connectivity index (χ0n) is 21.9. The molecular formula is C28H29ClF3N3O4S. The minimum Gasteiger partial charge on any atom is -0.354 e. The number of hydrogen-bond donors (Lipinski definition) is 1. The van der Waals surface area contributed by atoms with Crippen LogP contribution in [-0.4, -0.2) is 44.3 Å². The summed E-state index contributed by atoms with van der Waals surface area (Å²) in [5.41, 5.74) is -0.804. The van der Waals surface area contributed by atoms with Gasteiger partial charge < -0.3 is 10.2 Å². The summed E-state index contributed by atoms with van der Waals surface area (Å²) in [6, 6.07) is 16.3. The van der Waals surface area contributed by atoms with E-state index in [1.54, 1.807) is 30.3 Å². The van der Waals surface area contributed by atoms with Crippen molar-refractivity contribution in [1.29, 1.82) is 0 Å². The van der Waals surface area contributed by atoms with E-state index >= 15 is 0 Å². The number of rotatable bonds is 11. The number of carbonyl (C=O) groups is 2. The average Bonchev–Trinajstić information content (AvgIpc) is 2.93. The fraction of sp³-hybridized carbons (Fsp3) is 0.286. The molecule has 0 heterocycles. The first-order chi connectivity index (χ1) is 18.8. The standard InChI is InChI=1S/C28H29ClF3N3O4S/c1-3-16-33-27(37)20(2)34(18-21-12-14-23(29)15-13-21)26(36)19-35(40(38,39)25-10-5-4-6-11-25)24-9-7-8-22(17-24)28(30,31)32/h4-15,17,20H,3,16,18-19H2,1-2H3,(H,33,37). The minimum absolute atomic E-state index is 0.0709. The zero-order valence-corrected chi connectivity index (χ0v) is 23.4. The van der Waals surface area contributed by atoms with E-state index in [0.29, 0.717) is 33.9 Å². The van der Waals surface area contributed by atoms with Gasteiger partial charge in [0.15, 0.2) is 0 Å². The molecule has 0 aliphatic rings. The lowest BCUT2D eigenvalue weighted by atomic mass is 10.1. The number of alkyl halides is 3. The van der Waals surface area contributed by atoms with Crippen molar-refractivity contribution in [3.63, 3.8) is 0 Å². The lowest BCUT2D eigenvalue weighted by Crippen LogP contribution is -2.51. The molecule has 3 aromatic rings. The monoisotopic (exact) mass is 595 g/mol. The van der Waals surface area contributed by atoms with Gasteiger partial charge in [-0.25, -0.2) is 8.42 Å². The topological polar surface area (TPSA) is 86.8 Å².